The molecule has 4 nitrogen and oxygen atoms in total. The summed E-state index contributed by atoms with van der Waals surface area (Å²) in [7, 11) is 3.31. The average Bonchev–Trinajstić information content (AvgIpc) is 2.61. The van der Waals surface area contributed by atoms with Gasteiger partial charge in [0, 0.05) is 13.1 Å². The van der Waals surface area contributed by atoms with Crippen LogP contribution in [0.25, 0.3) is 0 Å². The molecule has 0 saturated heterocycles. The first-order valence-corrected chi connectivity index (χ1v) is 7.51. The quantitative estimate of drug-likeness (QED) is 0.695. The SMILES string of the molecule is C=CCOc1ccc(CNCc2ccc(OC)cc2)cc1OC.Cl. The molecule has 2 aromatic rings. The fourth-order valence-corrected chi connectivity index (χ4v) is 2.18. The lowest BCUT2D eigenvalue weighted by molar-refractivity contribution is 0.326. The van der Waals surface area contributed by atoms with Gasteiger partial charge in [-0.3, -0.25) is 0 Å². The molecule has 1 N–H and O–H groups in total. The van der Waals surface area contributed by atoms with Crippen LogP contribution in [0.2, 0.25) is 0 Å². The van der Waals surface area contributed by atoms with Crippen molar-refractivity contribution in [2.24, 2.45) is 0 Å². The highest BCUT2D eigenvalue weighted by atomic mass is 35.5. The topological polar surface area (TPSA) is 39.7 Å². The summed E-state index contributed by atoms with van der Waals surface area (Å²) in [6, 6.07) is 14.0. The largest absolute Gasteiger partial charge is 0.497 e. The molecule has 0 aliphatic rings. The molecule has 0 amide bonds. The lowest BCUT2D eigenvalue weighted by Crippen LogP contribution is -2.12. The third kappa shape index (κ3) is 5.80. The van der Waals surface area contributed by atoms with E-state index in [2.05, 4.69) is 24.0 Å². The first kappa shape index (κ1) is 19.9. The zero-order valence-corrected chi connectivity index (χ0v) is 14.9. The number of ether oxygens (including phenoxy) is 3. The summed E-state index contributed by atoms with van der Waals surface area (Å²) in [6.45, 7) is 5.66. The normalized spacial score (nSPS) is 9.75. The molecule has 0 saturated carbocycles. The van der Waals surface area contributed by atoms with Crippen molar-refractivity contribution in [2.45, 2.75) is 13.1 Å². The van der Waals surface area contributed by atoms with Crippen molar-refractivity contribution in [3.8, 4) is 17.2 Å². The maximum Gasteiger partial charge on any atom is 0.161 e. The minimum atomic E-state index is 0. The molecule has 0 spiro atoms. The third-order valence-electron chi connectivity index (χ3n) is 3.40. The van der Waals surface area contributed by atoms with E-state index in [1.54, 1.807) is 20.3 Å². The zero-order valence-electron chi connectivity index (χ0n) is 14.1. The molecule has 0 bridgehead atoms. The minimum Gasteiger partial charge on any atom is -0.497 e. The molecule has 24 heavy (non-hydrogen) atoms. The predicted octanol–water partition coefficient (Wildman–Crippen LogP) is 3.98. The van der Waals surface area contributed by atoms with Crippen molar-refractivity contribution >= 4 is 12.4 Å². The summed E-state index contributed by atoms with van der Waals surface area (Å²) < 4.78 is 16.1. The zero-order chi connectivity index (χ0) is 16.5. The molecule has 0 aliphatic carbocycles. The molecule has 5 heteroatoms. The van der Waals surface area contributed by atoms with Gasteiger partial charge in [0.15, 0.2) is 11.5 Å². The second-order valence-corrected chi connectivity index (χ2v) is 5.04. The van der Waals surface area contributed by atoms with Gasteiger partial charge in [-0.2, -0.15) is 0 Å². The van der Waals surface area contributed by atoms with Crippen LogP contribution in [0.15, 0.2) is 55.1 Å². The van der Waals surface area contributed by atoms with Gasteiger partial charge in [-0.1, -0.05) is 30.9 Å². The summed E-state index contributed by atoms with van der Waals surface area (Å²) in [6.07, 6.45) is 1.71. The van der Waals surface area contributed by atoms with Crippen LogP contribution >= 0.6 is 12.4 Å². The summed E-state index contributed by atoms with van der Waals surface area (Å²) in [5.41, 5.74) is 2.35. The molecule has 0 heterocycles. The van der Waals surface area contributed by atoms with E-state index in [1.807, 2.05) is 30.3 Å². The van der Waals surface area contributed by atoms with Crippen molar-refractivity contribution in [3.05, 3.63) is 66.2 Å². The van der Waals surface area contributed by atoms with Crippen LogP contribution in [0, 0.1) is 0 Å². The molecule has 0 radical (unpaired) electrons. The number of halogens is 1. The Kier molecular flexibility index (Phi) is 8.76. The monoisotopic (exact) mass is 349 g/mol. The molecule has 130 valence electrons. The van der Waals surface area contributed by atoms with Crippen LogP contribution in [0.5, 0.6) is 17.2 Å². The standard InChI is InChI=1S/C19H23NO3.ClH/c1-4-11-23-18-10-7-16(12-19(18)22-3)14-20-13-15-5-8-17(21-2)9-6-15;/h4-10,12,20H,1,11,13-14H2,2-3H3;1H. The molecular formula is C19H24ClNO3. The molecule has 0 aromatic heterocycles. The van der Waals surface area contributed by atoms with Crippen LogP contribution < -0.4 is 19.5 Å². The summed E-state index contributed by atoms with van der Waals surface area (Å²) in [5, 5.41) is 3.42. The average molecular weight is 350 g/mol. The van der Waals surface area contributed by atoms with Gasteiger partial charge in [-0.05, 0) is 35.4 Å². The second kappa shape index (κ2) is 10.6. The van der Waals surface area contributed by atoms with Crippen molar-refractivity contribution in [2.75, 3.05) is 20.8 Å². The number of methoxy groups -OCH3 is 2. The Hall–Kier alpha value is -2.17. The molecule has 2 aromatic carbocycles. The number of hydrogen-bond acceptors (Lipinski definition) is 4. The maximum atomic E-state index is 5.55. The van der Waals surface area contributed by atoms with Crippen LogP contribution in [0.4, 0.5) is 0 Å². The predicted molar refractivity (Wildman–Crippen MR) is 99.5 cm³/mol. The van der Waals surface area contributed by atoms with Gasteiger partial charge < -0.3 is 19.5 Å². The van der Waals surface area contributed by atoms with E-state index in [0.29, 0.717) is 6.61 Å². The Balaban J connectivity index is 0.00000288. The number of benzene rings is 2. The third-order valence-corrected chi connectivity index (χ3v) is 3.40. The van der Waals surface area contributed by atoms with E-state index in [4.69, 9.17) is 14.2 Å². The Morgan fingerprint density at radius 1 is 0.917 bits per heavy atom. The van der Waals surface area contributed by atoms with Crippen molar-refractivity contribution < 1.29 is 14.2 Å². The number of hydrogen-bond donors (Lipinski definition) is 1. The Bertz CT molecular complexity index is 629. The molecule has 0 aliphatic heterocycles. The van der Waals surface area contributed by atoms with Crippen molar-refractivity contribution in [1.82, 2.24) is 5.32 Å². The first-order chi connectivity index (χ1) is 11.3. The lowest BCUT2D eigenvalue weighted by Gasteiger charge is -2.12. The Labute approximate surface area is 149 Å². The van der Waals surface area contributed by atoms with E-state index in [-0.39, 0.29) is 12.4 Å². The lowest BCUT2D eigenvalue weighted by atomic mass is 10.2. The van der Waals surface area contributed by atoms with Crippen LogP contribution in [0.3, 0.4) is 0 Å². The number of rotatable bonds is 9. The van der Waals surface area contributed by atoms with Gasteiger partial charge >= 0.3 is 0 Å². The smallest absolute Gasteiger partial charge is 0.161 e. The van der Waals surface area contributed by atoms with E-state index in [0.717, 1.165) is 35.9 Å². The van der Waals surface area contributed by atoms with E-state index < -0.39 is 0 Å². The van der Waals surface area contributed by atoms with Gasteiger partial charge in [0.1, 0.15) is 12.4 Å². The van der Waals surface area contributed by atoms with E-state index in [9.17, 15) is 0 Å². The highest BCUT2D eigenvalue weighted by Gasteiger charge is 2.05. The fraction of sp³-hybridized carbons (Fsp3) is 0.263. The summed E-state index contributed by atoms with van der Waals surface area (Å²) >= 11 is 0. The minimum absolute atomic E-state index is 0. The first-order valence-electron chi connectivity index (χ1n) is 7.51. The van der Waals surface area contributed by atoms with Gasteiger partial charge in [-0.25, -0.2) is 0 Å². The van der Waals surface area contributed by atoms with Crippen molar-refractivity contribution in [3.63, 3.8) is 0 Å². The maximum absolute atomic E-state index is 5.55. The van der Waals surface area contributed by atoms with Crippen LogP contribution in [-0.2, 0) is 13.1 Å². The fourth-order valence-electron chi connectivity index (χ4n) is 2.18. The summed E-state index contributed by atoms with van der Waals surface area (Å²) in [4.78, 5) is 0. The molecular weight excluding hydrogens is 326 g/mol. The highest BCUT2D eigenvalue weighted by molar-refractivity contribution is 5.85. The van der Waals surface area contributed by atoms with E-state index in [1.165, 1.54) is 5.56 Å². The Morgan fingerprint density at radius 2 is 1.58 bits per heavy atom. The van der Waals surface area contributed by atoms with Gasteiger partial charge in [0.2, 0.25) is 0 Å². The molecule has 0 unspecified atom stereocenters. The highest BCUT2D eigenvalue weighted by Crippen LogP contribution is 2.28. The molecule has 0 fully saturated rings. The molecule has 0 atom stereocenters. The van der Waals surface area contributed by atoms with Gasteiger partial charge in [-0.15, -0.1) is 12.4 Å². The van der Waals surface area contributed by atoms with E-state index >= 15 is 0 Å². The van der Waals surface area contributed by atoms with Gasteiger partial charge in [0.05, 0.1) is 14.2 Å². The summed E-state index contributed by atoms with van der Waals surface area (Å²) in [5.74, 6) is 2.33. The van der Waals surface area contributed by atoms with Gasteiger partial charge in [0.25, 0.3) is 0 Å². The Morgan fingerprint density at radius 3 is 2.21 bits per heavy atom. The number of nitrogens with one attached hydrogen (secondary N) is 1. The second-order valence-electron chi connectivity index (χ2n) is 5.04. The van der Waals surface area contributed by atoms with Crippen molar-refractivity contribution in [1.29, 1.82) is 0 Å². The van der Waals surface area contributed by atoms with Crippen LogP contribution in [-0.4, -0.2) is 20.8 Å². The van der Waals surface area contributed by atoms with Crippen LogP contribution in [0.1, 0.15) is 11.1 Å². The molecule has 2 rings (SSSR count).